The van der Waals surface area contributed by atoms with Crippen molar-refractivity contribution in [2.75, 3.05) is 25.1 Å². The average molecular weight is 286 g/mol. The molecular weight excluding hydrogens is 262 g/mol. The lowest BCUT2D eigenvalue weighted by atomic mass is 10.1. The number of anilines is 1. The molecule has 0 heterocycles. The number of hydrogen-bond acceptors (Lipinski definition) is 3. The lowest BCUT2D eigenvalue weighted by Crippen LogP contribution is -2.25. The first-order chi connectivity index (χ1) is 9.09. The minimum atomic E-state index is -0.518. The van der Waals surface area contributed by atoms with E-state index in [0.717, 1.165) is 18.5 Å². The topological polar surface area (TPSA) is 41.5 Å². The van der Waals surface area contributed by atoms with Crippen molar-refractivity contribution < 1.29 is 9.84 Å². The van der Waals surface area contributed by atoms with Crippen LogP contribution in [0.2, 0.25) is 5.02 Å². The van der Waals surface area contributed by atoms with E-state index in [1.54, 1.807) is 0 Å². The molecule has 3 nitrogen and oxygen atoms in total. The maximum Gasteiger partial charge on any atom is 0.0945 e. The molecule has 0 fully saturated rings. The highest BCUT2D eigenvalue weighted by Crippen LogP contribution is 2.20. The van der Waals surface area contributed by atoms with Gasteiger partial charge in [0.2, 0.25) is 0 Å². The predicted molar refractivity (Wildman–Crippen MR) is 80.8 cm³/mol. The maximum atomic E-state index is 9.78. The van der Waals surface area contributed by atoms with Gasteiger partial charge in [0.1, 0.15) is 0 Å². The van der Waals surface area contributed by atoms with Crippen LogP contribution < -0.4 is 5.32 Å². The van der Waals surface area contributed by atoms with Crippen molar-refractivity contribution in [3.8, 4) is 0 Å². The standard InChI is InChI=1S/C15H24ClNO2/c1-12(2)6-5-9-19-11-13(18)10-17-15-8-4-3-7-14(15)16/h3-4,7-8,12-13,17-18H,5-6,9-11H2,1-2H3. The van der Waals surface area contributed by atoms with Crippen LogP contribution in [0.3, 0.4) is 0 Å². The van der Waals surface area contributed by atoms with E-state index in [1.165, 1.54) is 0 Å². The second kappa shape index (κ2) is 9.18. The summed E-state index contributed by atoms with van der Waals surface area (Å²) in [6.07, 6.45) is 1.69. The Labute approximate surface area is 120 Å². The number of para-hydroxylation sites is 1. The first kappa shape index (κ1) is 16.3. The molecule has 0 aliphatic carbocycles. The molecule has 1 atom stereocenters. The molecule has 0 bridgehead atoms. The summed E-state index contributed by atoms with van der Waals surface area (Å²) in [5.74, 6) is 0.704. The first-order valence-corrected chi connectivity index (χ1v) is 7.21. The number of rotatable bonds is 9. The van der Waals surface area contributed by atoms with Crippen LogP contribution in [-0.4, -0.2) is 31.0 Å². The average Bonchev–Trinajstić information content (AvgIpc) is 2.37. The Morgan fingerprint density at radius 1 is 1.32 bits per heavy atom. The zero-order chi connectivity index (χ0) is 14.1. The van der Waals surface area contributed by atoms with E-state index in [1.807, 2.05) is 24.3 Å². The lowest BCUT2D eigenvalue weighted by molar-refractivity contribution is 0.0409. The molecule has 2 N–H and O–H groups in total. The van der Waals surface area contributed by atoms with Crippen molar-refractivity contribution in [2.45, 2.75) is 32.8 Å². The zero-order valence-electron chi connectivity index (χ0n) is 11.7. The maximum absolute atomic E-state index is 9.78. The number of hydrogen-bond donors (Lipinski definition) is 2. The molecule has 1 rings (SSSR count). The zero-order valence-corrected chi connectivity index (χ0v) is 12.5. The Bertz CT molecular complexity index is 358. The Morgan fingerprint density at radius 3 is 2.74 bits per heavy atom. The molecule has 1 unspecified atom stereocenters. The van der Waals surface area contributed by atoms with E-state index in [0.29, 0.717) is 30.7 Å². The quantitative estimate of drug-likeness (QED) is 0.682. The summed E-state index contributed by atoms with van der Waals surface area (Å²) >= 11 is 6.01. The van der Waals surface area contributed by atoms with Crippen LogP contribution in [0, 0.1) is 5.92 Å². The number of halogens is 1. The molecule has 0 radical (unpaired) electrons. The summed E-state index contributed by atoms with van der Waals surface area (Å²) in [4.78, 5) is 0. The molecule has 108 valence electrons. The lowest BCUT2D eigenvalue weighted by Gasteiger charge is -2.14. The van der Waals surface area contributed by atoms with Crippen LogP contribution >= 0.6 is 11.6 Å². The van der Waals surface area contributed by atoms with Gasteiger partial charge < -0.3 is 15.2 Å². The van der Waals surface area contributed by atoms with E-state index in [-0.39, 0.29) is 0 Å². The number of ether oxygens (including phenoxy) is 1. The summed E-state index contributed by atoms with van der Waals surface area (Å²) < 4.78 is 5.44. The van der Waals surface area contributed by atoms with Crippen LogP contribution in [-0.2, 0) is 4.74 Å². The molecule has 0 aromatic heterocycles. The SMILES string of the molecule is CC(C)CCCOCC(O)CNc1ccccc1Cl. The second-order valence-electron chi connectivity index (χ2n) is 5.13. The third kappa shape index (κ3) is 7.41. The summed E-state index contributed by atoms with van der Waals surface area (Å²) in [5, 5.41) is 13.5. The minimum absolute atomic E-state index is 0.357. The van der Waals surface area contributed by atoms with Gasteiger partial charge in [-0.15, -0.1) is 0 Å². The molecule has 0 aliphatic heterocycles. The summed E-state index contributed by atoms with van der Waals surface area (Å²) in [6, 6.07) is 7.49. The molecule has 0 saturated heterocycles. The van der Waals surface area contributed by atoms with Gasteiger partial charge in [0.15, 0.2) is 0 Å². The number of nitrogens with one attached hydrogen (secondary N) is 1. The fourth-order valence-electron chi connectivity index (χ4n) is 1.70. The van der Waals surface area contributed by atoms with Crippen molar-refractivity contribution in [3.05, 3.63) is 29.3 Å². The Morgan fingerprint density at radius 2 is 2.05 bits per heavy atom. The summed E-state index contributed by atoms with van der Waals surface area (Å²) in [6.45, 7) is 5.90. The molecule has 19 heavy (non-hydrogen) atoms. The van der Waals surface area contributed by atoms with Crippen molar-refractivity contribution in [3.63, 3.8) is 0 Å². The third-order valence-electron chi connectivity index (χ3n) is 2.78. The molecule has 4 heteroatoms. The van der Waals surface area contributed by atoms with Crippen LogP contribution in [0.1, 0.15) is 26.7 Å². The number of aliphatic hydroxyl groups excluding tert-OH is 1. The molecule has 0 saturated carbocycles. The molecule has 0 aliphatic rings. The molecular formula is C15H24ClNO2. The van der Waals surface area contributed by atoms with Crippen molar-refractivity contribution >= 4 is 17.3 Å². The van der Waals surface area contributed by atoms with Gasteiger partial charge in [0.05, 0.1) is 23.4 Å². The molecule has 1 aromatic carbocycles. The monoisotopic (exact) mass is 285 g/mol. The Hall–Kier alpha value is -0.770. The van der Waals surface area contributed by atoms with Crippen LogP contribution in [0.5, 0.6) is 0 Å². The number of benzene rings is 1. The number of aliphatic hydroxyl groups is 1. The highest BCUT2D eigenvalue weighted by molar-refractivity contribution is 6.33. The van der Waals surface area contributed by atoms with Gasteiger partial charge in [-0.05, 0) is 30.9 Å². The molecule has 1 aromatic rings. The second-order valence-corrected chi connectivity index (χ2v) is 5.53. The van der Waals surface area contributed by atoms with Gasteiger partial charge in [-0.3, -0.25) is 0 Å². The van der Waals surface area contributed by atoms with Gasteiger partial charge >= 0.3 is 0 Å². The van der Waals surface area contributed by atoms with E-state index < -0.39 is 6.10 Å². The van der Waals surface area contributed by atoms with E-state index >= 15 is 0 Å². The van der Waals surface area contributed by atoms with Crippen molar-refractivity contribution in [1.29, 1.82) is 0 Å². The Kier molecular flexibility index (Phi) is 7.87. The predicted octanol–water partition coefficient (Wildman–Crippen LogP) is 3.57. The largest absolute Gasteiger partial charge is 0.389 e. The van der Waals surface area contributed by atoms with Gasteiger partial charge in [-0.2, -0.15) is 0 Å². The van der Waals surface area contributed by atoms with Gasteiger partial charge in [-0.1, -0.05) is 37.6 Å². The fourth-order valence-corrected chi connectivity index (χ4v) is 1.91. The normalized spacial score (nSPS) is 12.7. The summed E-state index contributed by atoms with van der Waals surface area (Å²) in [7, 11) is 0. The van der Waals surface area contributed by atoms with E-state index in [4.69, 9.17) is 16.3 Å². The first-order valence-electron chi connectivity index (χ1n) is 6.83. The Balaban J connectivity index is 2.11. The van der Waals surface area contributed by atoms with Crippen LogP contribution in [0.15, 0.2) is 24.3 Å². The van der Waals surface area contributed by atoms with Gasteiger partial charge in [-0.25, -0.2) is 0 Å². The van der Waals surface area contributed by atoms with E-state index in [9.17, 15) is 5.11 Å². The van der Waals surface area contributed by atoms with Crippen molar-refractivity contribution in [1.82, 2.24) is 0 Å². The third-order valence-corrected chi connectivity index (χ3v) is 3.11. The van der Waals surface area contributed by atoms with Gasteiger partial charge in [0, 0.05) is 13.2 Å². The minimum Gasteiger partial charge on any atom is -0.389 e. The highest BCUT2D eigenvalue weighted by Gasteiger charge is 2.05. The van der Waals surface area contributed by atoms with Gasteiger partial charge in [0.25, 0.3) is 0 Å². The molecule has 0 spiro atoms. The van der Waals surface area contributed by atoms with Crippen LogP contribution in [0.25, 0.3) is 0 Å². The van der Waals surface area contributed by atoms with Crippen molar-refractivity contribution in [2.24, 2.45) is 5.92 Å². The molecule has 0 amide bonds. The smallest absolute Gasteiger partial charge is 0.0945 e. The van der Waals surface area contributed by atoms with E-state index in [2.05, 4.69) is 19.2 Å². The summed E-state index contributed by atoms with van der Waals surface area (Å²) in [5.41, 5.74) is 0.836. The van der Waals surface area contributed by atoms with Crippen LogP contribution in [0.4, 0.5) is 5.69 Å². The highest BCUT2D eigenvalue weighted by atomic mass is 35.5. The fraction of sp³-hybridized carbons (Fsp3) is 0.600.